The van der Waals surface area contributed by atoms with Gasteiger partial charge < -0.3 is 20.9 Å². The molecule has 178 valence electrons. The van der Waals surface area contributed by atoms with Gasteiger partial charge in [0.25, 0.3) is 0 Å². The van der Waals surface area contributed by atoms with Gasteiger partial charge >= 0.3 is 5.97 Å². The number of aliphatic hydroxyl groups excluding tert-OH is 1. The number of nitrogens with one attached hydrogen (secondary N) is 1. The summed E-state index contributed by atoms with van der Waals surface area (Å²) in [5.41, 5.74) is 6.95. The van der Waals surface area contributed by atoms with Crippen LogP contribution in [0.3, 0.4) is 0 Å². The van der Waals surface area contributed by atoms with Crippen molar-refractivity contribution in [2.24, 2.45) is 40.2 Å². The molecule has 2 fully saturated rings. The number of rotatable bonds is 5. The Kier molecular flexibility index (Phi) is 6.21. The molecule has 1 amide bonds. The predicted octanol–water partition coefficient (Wildman–Crippen LogP) is 4.01. The van der Waals surface area contributed by atoms with Crippen molar-refractivity contribution in [3.63, 3.8) is 0 Å². The lowest BCUT2D eigenvalue weighted by Crippen LogP contribution is -2.51. The molecular weight excluding hydrogens is 404 g/mol. The first-order valence-electron chi connectivity index (χ1n) is 12.4. The maximum atomic E-state index is 12.8. The normalized spacial score (nSPS) is 39.2. The highest BCUT2D eigenvalue weighted by Crippen LogP contribution is 2.64. The first kappa shape index (κ1) is 23.3. The summed E-state index contributed by atoms with van der Waals surface area (Å²) in [6.45, 7) is 8.32. The van der Waals surface area contributed by atoms with Crippen LogP contribution in [0.4, 0.5) is 0 Å². The molecule has 6 nitrogen and oxygen atoms in total. The minimum Gasteiger partial charge on any atom is -0.512 e. The molecule has 0 heterocycles. The third kappa shape index (κ3) is 3.78. The molecule has 7 atom stereocenters. The second-order valence-electron chi connectivity index (χ2n) is 11.3. The van der Waals surface area contributed by atoms with E-state index in [1.807, 2.05) is 13.8 Å². The van der Waals surface area contributed by atoms with Crippen LogP contribution in [0.5, 0.6) is 0 Å². The molecule has 0 bridgehead atoms. The number of aliphatic hydroxyl groups is 1. The number of hydrogen-bond acceptors (Lipinski definition) is 5. The molecule has 2 saturated carbocycles. The SMILES string of the molecule is CC(C)[C@H](NC(=O)CN)C(=O)O[C@H]1CC[C@@]2(C)C(=CC[C@@H]3[C@@H]2CC[C@]2(C)C(O)=CC[C@@H]32)C1. The molecule has 4 aliphatic carbocycles. The van der Waals surface area contributed by atoms with Gasteiger partial charge in [-0.15, -0.1) is 0 Å². The van der Waals surface area contributed by atoms with Crippen molar-refractivity contribution in [1.29, 1.82) is 0 Å². The largest absolute Gasteiger partial charge is 0.512 e. The van der Waals surface area contributed by atoms with Gasteiger partial charge in [-0.05, 0) is 73.7 Å². The molecule has 4 aliphatic rings. The van der Waals surface area contributed by atoms with Crippen LogP contribution in [-0.4, -0.2) is 35.7 Å². The Hall–Kier alpha value is -1.82. The number of carbonyl (C=O) groups excluding carboxylic acids is 2. The number of amides is 1. The molecule has 0 unspecified atom stereocenters. The second-order valence-corrected chi connectivity index (χ2v) is 11.3. The van der Waals surface area contributed by atoms with Gasteiger partial charge in [0, 0.05) is 11.8 Å². The van der Waals surface area contributed by atoms with E-state index in [2.05, 4.69) is 31.3 Å². The standard InChI is InChI=1S/C26H40N2O4/c1-15(2)23(28-22(30)14-27)24(31)32-17-9-11-25(3)16(13-17)5-6-18-19-7-8-21(29)26(19,4)12-10-20(18)25/h5,8,15,17-20,23,29H,6-7,9-14,27H2,1-4H3,(H,28,30)/t17-,18-,19-,20-,23-,25-,26-/m0/s1. The maximum absolute atomic E-state index is 12.8. The first-order valence-corrected chi connectivity index (χ1v) is 12.4. The minimum atomic E-state index is -0.664. The number of ether oxygens (including phenoxy) is 1. The van der Waals surface area contributed by atoms with Crippen LogP contribution >= 0.6 is 0 Å². The molecule has 4 N–H and O–H groups in total. The number of allylic oxidation sites excluding steroid dienone is 3. The first-order chi connectivity index (χ1) is 15.1. The van der Waals surface area contributed by atoms with Crippen LogP contribution in [0.15, 0.2) is 23.5 Å². The van der Waals surface area contributed by atoms with Crippen molar-refractivity contribution >= 4 is 11.9 Å². The minimum absolute atomic E-state index is 0.0462. The topological polar surface area (TPSA) is 102 Å². The van der Waals surface area contributed by atoms with Gasteiger partial charge in [-0.1, -0.05) is 39.3 Å². The van der Waals surface area contributed by atoms with E-state index in [9.17, 15) is 14.7 Å². The zero-order valence-corrected chi connectivity index (χ0v) is 20.0. The smallest absolute Gasteiger partial charge is 0.329 e. The molecule has 32 heavy (non-hydrogen) atoms. The van der Waals surface area contributed by atoms with Crippen LogP contribution in [0.1, 0.15) is 72.6 Å². The molecule has 0 aromatic carbocycles. The Morgan fingerprint density at radius 2 is 1.88 bits per heavy atom. The van der Waals surface area contributed by atoms with E-state index < -0.39 is 6.04 Å². The number of nitrogens with two attached hydrogens (primary N) is 1. The Morgan fingerprint density at radius 1 is 1.16 bits per heavy atom. The van der Waals surface area contributed by atoms with E-state index in [1.165, 1.54) is 5.57 Å². The molecule has 0 aromatic heterocycles. The van der Waals surface area contributed by atoms with Gasteiger partial charge in [0.1, 0.15) is 12.1 Å². The van der Waals surface area contributed by atoms with Gasteiger partial charge in [-0.25, -0.2) is 4.79 Å². The third-order valence-electron chi connectivity index (χ3n) is 9.30. The lowest BCUT2D eigenvalue weighted by Gasteiger charge is -2.57. The highest BCUT2D eigenvalue weighted by Gasteiger charge is 2.57. The number of hydrogen-bond donors (Lipinski definition) is 3. The summed E-state index contributed by atoms with van der Waals surface area (Å²) in [6.07, 6.45) is 11.2. The van der Waals surface area contributed by atoms with E-state index >= 15 is 0 Å². The lowest BCUT2D eigenvalue weighted by atomic mass is 9.48. The van der Waals surface area contributed by atoms with Crippen LogP contribution in [0.2, 0.25) is 0 Å². The van der Waals surface area contributed by atoms with Crippen LogP contribution < -0.4 is 11.1 Å². The zero-order valence-electron chi connectivity index (χ0n) is 20.0. The Labute approximate surface area is 192 Å². The molecule has 0 saturated heterocycles. The quantitative estimate of drug-likeness (QED) is 0.439. The van der Waals surface area contributed by atoms with Crippen molar-refractivity contribution in [3.8, 4) is 0 Å². The predicted molar refractivity (Wildman–Crippen MR) is 124 cm³/mol. The van der Waals surface area contributed by atoms with Gasteiger partial charge in [0.05, 0.1) is 12.3 Å². The fourth-order valence-corrected chi connectivity index (χ4v) is 7.24. The number of esters is 1. The molecule has 0 radical (unpaired) electrons. The Balaban J connectivity index is 1.45. The van der Waals surface area contributed by atoms with E-state index in [1.54, 1.807) is 0 Å². The molecular formula is C26H40N2O4. The van der Waals surface area contributed by atoms with Gasteiger partial charge in [-0.3, -0.25) is 4.79 Å². The van der Waals surface area contributed by atoms with E-state index in [-0.39, 0.29) is 41.3 Å². The Bertz CT molecular complexity index is 834. The summed E-state index contributed by atoms with van der Waals surface area (Å²) < 4.78 is 5.91. The fraction of sp³-hybridized carbons (Fsp3) is 0.769. The molecule has 0 aliphatic heterocycles. The molecule has 4 rings (SSSR count). The van der Waals surface area contributed by atoms with Crippen LogP contribution in [-0.2, 0) is 14.3 Å². The summed E-state index contributed by atoms with van der Waals surface area (Å²) in [5, 5.41) is 13.2. The van der Waals surface area contributed by atoms with Crippen molar-refractivity contribution in [2.75, 3.05) is 6.54 Å². The van der Waals surface area contributed by atoms with Crippen LogP contribution in [0, 0.1) is 34.5 Å². The van der Waals surface area contributed by atoms with Crippen LogP contribution in [0.25, 0.3) is 0 Å². The average Bonchev–Trinajstić information content (AvgIpc) is 3.06. The summed E-state index contributed by atoms with van der Waals surface area (Å²) in [5.74, 6) is 1.63. The van der Waals surface area contributed by atoms with E-state index in [0.717, 1.165) is 44.9 Å². The van der Waals surface area contributed by atoms with Gasteiger partial charge in [0.2, 0.25) is 5.91 Å². The molecule has 0 spiro atoms. The third-order valence-corrected chi connectivity index (χ3v) is 9.30. The van der Waals surface area contributed by atoms with Gasteiger partial charge in [-0.2, -0.15) is 0 Å². The lowest BCUT2D eigenvalue weighted by molar-refractivity contribution is -0.156. The van der Waals surface area contributed by atoms with Crippen molar-refractivity contribution < 1.29 is 19.4 Å². The van der Waals surface area contributed by atoms with Crippen molar-refractivity contribution in [1.82, 2.24) is 5.32 Å². The highest BCUT2D eigenvalue weighted by molar-refractivity contribution is 5.85. The number of carbonyl (C=O) groups is 2. The van der Waals surface area contributed by atoms with Crippen molar-refractivity contribution in [3.05, 3.63) is 23.5 Å². The molecule has 6 heteroatoms. The maximum Gasteiger partial charge on any atom is 0.329 e. The second kappa shape index (κ2) is 8.51. The summed E-state index contributed by atoms with van der Waals surface area (Å²) in [4.78, 5) is 24.6. The summed E-state index contributed by atoms with van der Waals surface area (Å²) in [6, 6.07) is -0.664. The zero-order chi connectivity index (χ0) is 23.3. The fourth-order valence-electron chi connectivity index (χ4n) is 7.24. The van der Waals surface area contributed by atoms with E-state index in [4.69, 9.17) is 10.5 Å². The number of fused-ring (bicyclic) bond motifs is 5. The monoisotopic (exact) mass is 444 g/mol. The van der Waals surface area contributed by atoms with E-state index in [0.29, 0.717) is 23.5 Å². The Morgan fingerprint density at radius 3 is 2.56 bits per heavy atom. The summed E-state index contributed by atoms with van der Waals surface area (Å²) >= 11 is 0. The molecule has 0 aromatic rings. The van der Waals surface area contributed by atoms with Crippen molar-refractivity contribution in [2.45, 2.75) is 84.8 Å². The average molecular weight is 445 g/mol. The van der Waals surface area contributed by atoms with Gasteiger partial charge in [0.15, 0.2) is 0 Å². The summed E-state index contributed by atoms with van der Waals surface area (Å²) in [7, 11) is 0. The highest BCUT2D eigenvalue weighted by atomic mass is 16.5.